The van der Waals surface area contributed by atoms with Crippen LogP contribution >= 0.6 is 0 Å². The van der Waals surface area contributed by atoms with Gasteiger partial charge in [0.15, 0.2) is 0 Å². The van der Waals surface area contributed by atoms with Crippen LogP contribution in [-0.2, 0) is 11.3 Å². The molecule has 1 N–H and O–H groups in total. The maximum absolute atomic E-state index is 11.8. The van der Waals surface area contributed by atoms with Crippen molar-refractivity contribution >= 4 is 5.91 Å². The van der Waals surface area contributed by atoms with E-state index in [1.165, 1.54) is 6.39 Å². The van der Waals surface area contributed by atoms with Gasteiger partial charge in [-0.15, -0.1) is 0 Å². The Morgan fingerprint density at radius 2 is 2.05 bits per heavy atom. The number of hydrogen-bond acceptors (Lipinski definition) is 5. The minimum atomic E-state index is -0.145. The van der Waals surface area contributed by atoms with Crippen LogP contribution in [0.1, 0.15) is 12.5 Å². The molecule has 1 aromatic carbocycles. The third-order valence-corrected chi connectivity index (χ3v) is 3.19. The van der Waals surface area contributed by atoms with Crippen molar-refractivity contribution in [1.82, 2.24) is 20.4 Å². The standard InChI is InChI=1S/C14H18N4O2/c1-10(18(2)3)14(19)15-8-11-4-6-12(7-5-11)13-16-9-20-17-13/h4-7,9-10H,8H2,1-3H3,(H,15,19)/t10-/m1/s1. The number of rotatable bonds is 5. The fourth-order valence-electron chi connectivity index (χ4n) is 1.64. The fourth-order valence-corrected chi connectivity index (χ4v) is 1.64. The van der Waals surface area contributed by atoms with E-state index < -0.39 is 0 Å². The van der Waals surface area contributed by atoms with Crippen LogP contribution in [0.5, 0.6) is 0 Å². The maximum Gasteiger partial charge on any atom is 0.237 e. The largest absolute Gasteiger partial charge is 0.351 e. The van der Waals surface area contributed by atoms with Crippen LogP contribution in [0.25, 0.3) is 11.4 Å². The quantitative estimate of drug-likeness (QED) is 0.890. The third-order valence-electron chi connectivity index (χ3n) is 3.19. The number of benzene rings is 1. The van der Waals surface area contributed by atoms with Crippen LogP contribution in [0.3, 0.4) is 0 Å². The monoisotopic (exact) mass is 274 g/mol. The molecule has 0 bridgehead atoms. The zero-order valence-electron chi connectivity index (χ0n) is 11.8. The van der Waals surface area contributed by atoms with E-state index in [1.807, 2.05) is 50.2 Å². The van der Waals surface area contributed by atoms with Gasteiger partial charge in [-0.3, -0.25) is 9.69 Å². The molecule has 0 fully saturated rings. The molecule has 0 saturated carbocycles. The summed E-state index contributed by atoms with van der Waals surface area (Å²) in [7, 11) is 3.76. The van der Waals surface area contributed by atoms with Gasteiger partial charge in [0, 0.05) is 12.1 Å². The average Bonchev–Trinajstić information content (AvgIpc) is 2.98. The Bertz CT molecular complexity index is 549. The minimum Gasteiger partial charge on any atom is -0.351 e. The van der Waals surface area contributed by atoms with Gasteiger partial charge >= 0.3 is 0 Å². The van der Waals surface area contributed by atoms with E-state index in [9.17, 15) is 4.79 Å². The van der Waals surface area contributed by atoms with Crippen molar-refractivity contribution in [2.24, 2.45) is 0 Å². The lowest BCUT2D eigenvalue weighted by Crippen LogP contribution is -2.41. The first kappa shape index (κ1) is 14.2. The summed E-state index contributed by atoms with van der Waals surface area (Å²) in [5, 5.41) is 6.68. The molecule has 0 radical (unpaired) electrons. The van der Waals surface area contributed by atoms with E-state index in [4.69, 9.17) is 4.52 Å². The van der Waals surface area contributed by atoms with Gasteiger partial charge in [-0.2, -0.15) is 4.98 Å². The Labute approximate surface area is 117 Å². The summed E-state index contributed by atoms with van der Waals surface area (Å²) in [6, 6.07) is 7.54. The number of nitrogens with one attached hydrogen (secondary N) is 1. The summed E-state index contributed by atoms with van der Waals surface area (Å²) in [5.41, 5.74) is 1.91. The van der Waals surface area contributed by atoms with Crippen LogP contribution < -0.4 is 5.32 Å². The summed E-state index contributed by atoms with van der Waals surface area (Å²) in [4.78, 5) is 17.7. The average molecular weight is 274 g/mol. The van der Waals surface area contributed by atoms with Gasteiger partial charge in [0.2, 0.25) is 18.1 Å². The Morgan fingerprint density at radius 3 is 2.60 bits per heavy atom. The van der Waals surface area contributed by atoms with Crippen molar-refractivity contribution in [2.45, 2.75) is 19.5 Å². The Hall–Kier alpha value is -2.21. The van der Waals surface area contributed by atoms with Crippen LogP contribution in [0.4, 0.5) is 0 Å². The number of hydrogen-bond donors (Lipinski definition) is 1. The van der Waals surface area contributed by atoms with E-state index in [1.54, 1.807) is 0 Å². The molecule has 106 valence electrons. The molecular formula is C14H18N4O2. The van der Waals surface area contributed by atoms with E-state index in [0.717, 1.165) is 11.1 Å². The lowest BCUT2D eigenvalue weighted by molar-refractivity contribution is -0.125. The molecule has 1 aromatic heterocycles. The van der Waals surface area contributed by atoms with Crippen molar-refractivity contribution in [3.8, 4) is 11.4 Å². The highest BCUT2D eigenvalue weighted by Crippen LogP contribution is 2.14. The Balaban J connectivity index is 1.93. The van der Waals surface area contributed by atoms with Gasteiger partial charge in [-0.1, -0.05) is 29.4 Å². The summed E-state index contributed by atoms with van der Waals surface area (Å²) in [6.45, 7) is 2.37. The zero-order chi connectivity index (χ0) is 14.5. The van der Waals surface area contributed by atoms with E-state index in [2.05, 4.69) is 15.5 Å². The summed E-state index contributed by atoms with van der Waals surface area (Å²) >= 11 is 0. The normalized spacial score (nSPS) is 12.4. The lowest BCUT2D eigenvalue weighted by atomic mass is 10.1. The number of amides is 1. The van der Waals surface area contributed by atoms with Crippen molar-refractivity contribution in [3.05, 3.63) is 36.2 Å². The molecule has 6 nitrogen and oxygen atoms in total. The molecule has 6 heteroatoms. The molecule has 0 unspecified atom stereocenters. The van der Waals surface area contributed by atoms with E-state index in [0.29, 0.717) is 12.4 Å². The molecule has 20 heavy (non-hydrogen) atoms. The Kier molecular flexibility index (Phi) is 4.47. The van der Waals surface area contributed by atoms with Crippen LogP contribution in [0.15, 0.2) is 35.2 Å². The topological polar surface area (TPSA) is 71.3 Å². The van der Waals surface area contributed by atoms with Gasteiger partial charge in [0.05, 0.1) is 6.04 Å². The predicted molar refractivity (Wildman–Crippen MR) is 74.7 cm³/mol. The van der Waals surface area contributed by atoms with Crippen molar-refractivity contribution < 1.29 is 9.32 Å². The molecule has 0 aliphatic rings. The second-order valence-corrected chi connectivity index (χ2v) is 4.81. The fraction of sp³-hybridized carbons (Fsp3) is 0.357. The third kappa shape index (κ3) is 3.42. The number of likely N-dealkylation sites (N-methyl/N-ethyl adjacent to an activating group) is 1. The highest BCUT2D eigenvalue weighted by molar-refractivity contribution is 5.81. The number of carbonyl (C=O) groups is 1. The first-order valence-electron chi connectivity index (χ1n) is 6.37. The number of carbonyl (C=O) groups excluding carboxylic acids is 1. The first-order chi connectivity index (χ1) is 9.58. The van der Waals surface area contributed by atoms with E-state index >= 15 is 0 Å². The maximum atomic E-state index is 11.8. The predicted octanol–water partition coefficient (Wildman–Crippen LogP) is 1.30. The molecule has 1 atom stereocenters. The molecule has 2 rings (SSSR count). The van der Waals surface area contributed by atoms with Gasteiger partial charge in [-0.25, -0.2) is 0 Å². The highest BCUT2D eigenvalue weighted by atomic mass is 16.5. The SMILES string of the molecule is C[C@H](C(=O)NCc1ccc(-c2ncon2)cc1)N(C)C. The first-order valence-corrected chi connectivity index (χ1v) is 6.37. The summed E-state index contributed by atoms with van der Waals surface area (Å²) < 4.78 is 4.70. The molecule has 1 heterocycles. The van der Waals surface area contributed by atoms with Crippen LogP contribution in [0, 0.1) is 0 Å². The lowest BCUT2D eigenvalue weighted by Gasteiger charge is -2.18. The molecule has 2 aromatic rings. The molecule has 0 saturated heterocycles. The summed E-state index contributed by atoms with van der Waals surface area (Å²) in [5.74, 6) is 0.569. The van der Waals surface area contributed by atoms with Gasteiger partial charge in [0.25, 0.3) is 0 Å². The van der Waals surface area contributed by atoms with E-state index in [-0.39, 0.29) is 11.9 Å². The van der Waals surface area contributed by atoms with Crippen LogP contribution in [-0.4, -0.2) is 41.1 Å². The number of nitrogens with zero attached hydrogens (tertiary/aromatic N) is 3. The van der Waals surface area contributed by atoms with Crippen molar-refractivity contribution in [3.63, 3.8) is 0 Å². The molecule has 0 aliphatic heterocycles. The number of aromatic nitrogens is 2. The second kappa shape index (κ2) is 6.29. The van der Waals surface area contributed by atoms with Crippen LogP contribution in [0.2, 0.25) is 0 Å². The second-order valence-electron chi connectivity index (χ2n) is 4.81. The van der Waals surface area contributed by atoms with Crippen molar-refractivity contribution in [1.29, 1.82) is 0 Å². The Morgan fingerprint density at radius 1 is 1.35 bits per heavy atom. The summed E-state index contributed by atoms with van der Waals surface area (Å²) in [6.07, 6.45) is 1.30. The van der Waals surface area contributed by atoms with Crippen molar-refractivity contribution in [2.75, 3.05) is 14.1 Å². The van der Waals surface area contributed by atoms with Gasteiger partial charge < -0.3 is 9.84 Å². The molecule has 1 amide bonds. The van der Waals surface area contributed by atoms with Gasteiger partial charge in [-0.05, 0) is 26.6 Å². The molecule has 0 aliphatic carbocycles. The molecule has 0 spiro atoms. The highest BCUT2D eigenvalue weighted by Gasteiger charge is 2.14. The molecular weight excluding hydrogens is 256 g/mol. The zero-order valence-corrected chi connectivity index (χ0v) is 11.8. The minimum absolute atomic E-state index is 0.0113. The van der Waals surface area contributed by atoms with Gasteiger partial charge in [0.1, 0.15) is 0 Å². The smallest absolute Gasteiger partial charge is 0.237 e.